The highest BCUT2D eigenvalue weighted by Gasteiger charge is 2.32. The lowest BCUT2D eigenvalue weighted by Crippen LogP contribution is -2.47. The van der Waals surface area contributed by atoms with Crippen LogP contribution in [0, 0.1) is 6.92 Å². The molecule has 6 nitrogen and oxygen atoms in total. The standard InChI is InChI=1S/C15H19N3O3/c1-10-4-3-5-12(8-10)17-14(20)9-18(11(2)19)13-6-7-16-15(13)21/h3-5,8,13H,6-7,9H2,1-2H3,(H,16,21)(H,17,20). The number of hydrogen-bond acceptors (Lipinski definition) is 3. The number of nitrogens with zero attached hydrogens (tertiary/aromatic N) is 1. The Morgan fingerprint density at radius 1 is 1.43 bits per heavy atom. The van der Waals surface area contributed by atoms with Crippen molar-refractivity contribution in [3.05, 3.63) is 29.8 Å². The third-order valence-corrected chi connectivity index (χ3v) is 3.42. The van der Waals surface area contributed by atoms with E-state index in [0.717, 1.165) is 5.56 Å². The molecule has 0 bridgehead atoms. The van der Waals surface area contributed by atoms with E-state index in [1.807, 2.05) is 25.1 Å². The number of hydrogen-bond donors (Lipinski definition) is 2. The number of carbonyl (C=O) groups excluding carboxylic acids is 3. The normalized spacial score (nSPS) is 17.2. The van der Waals surface area contributed by atoms with Gasteiger partial charge in [0.05, 0.1) is 0 Å². The number of carbonyl (C=O) groups is 3. The van der Waals surface area contributed by atoms with Gasteiger partial charge in [0.25, 0.3) is 0 Å². The van der Waals surface area contributed by atoms with Gasteiger partial charge in [-0.25, -0.2) is 0 Å². The molecule has 1 heterocycles. The van der Waals surface area contributed by atoms with Crippen molar-refractivity contribution in [1.29, 1.82) is 0 Å². The van der Waals surface area contributed by atoms with Crippen molar-refractivity contribution in [1.82, 2.24) is 10.2 Å². The number of anilines is 1. The van der Waals surface area contributed by atoms with Crippen LogP contribution < -0.4 is 10.6 Å². The van der Waals surface area contributed by atoms with Crippen molar-refractivity contribution >= 4 is 23.4 Å². The first-order valence-corrected chi connectivity index (χ1v) is 6.89. The highest BCUT2D eigenvalue weighted by atomic mass is 16.2. The molecule has 1 aromatic carbocycles. The van der Waals surface area contributed by atoms with E-state index in [1.54, 1.807) is 6.07 Å². The Morgan fingerprint density at radius 3 is 2.76 bits per heavy atom. The summed E-state index contributed by atoms with van der Waals surface area (Å²) in [6.45, 7) is 3.71. The number of nitrogens with one attached hydrogen (secondary N) is 2. The SMILES string of the molecule is CC(=O)N(CC(=O)Nc1cccc(C)c1)C1CCNC1=O. The maximum atomic E-state index is 12.1. The molecule has 2 N–H and O–H groups in total. The van der Waals surface area contributed by atoms with Crippen molar-refractivity contribution in [2.75, 3.05) is 18.4 Å². The van der Waals surface area contributed by atoms with Gasteiger partial charge in [-0.2, -0.15) is 0 Å². The predicted molar refractivity (Wildman–Crippen MR) is 78.6 cm³/mol. The second-order valence-corrected chi connectivity index (χ2v) is 5.16. The Hall–Kier alpha value is -2.37. The molecular formula is C15H19N3O3. The molecule has 1 unspecified atom stereocenters. The first-order chi connectivity index (χ1) is 9.97. The molecule has 2 rings (SSSR count). The van der Waals surface area contributed by atoms with Crippen LogP contribution in [0.4, 0.5) is 5.69 Å². The second kappa shape index (κ2) is 6.39. The molecule has 1 fully saturated rings. The first-order valence-electron chi connectivity index (χ1n) is 6.89. The monoisotopic (exact) mass is 289 g/mol. The lowest BCUT2D eigenvalue weighted by molar-refractivity contribution is -0.139. The maximum absolute atomic E-state index is 12.1. The van der Waals surface area contributed by atoms with Crippen LogP contribution in [0.25, 0.3) is 0 Å². The van der Waals surface area contributed by atoms with Crippen LogP contribution in [-0.4, -0.2) is 41.8 Å². The molecule has 112 valence electrons. The molecule has 0 aliphatic carbocycles. The molecule has 6 heteroatoms. The summed E-state index contributed by atoms with van der Waals surface area (Å²) in [6, 6.07) is 6.85. The average Bonchev–Trinajstić information content (AvgIpc) is 2.81. The minimum Gasteiger partial charge on any atom is -0.354 e. The van der Waals surface area contributed by atoms with Crippen molar-refractivity contribution in [2.24, 2.45) is 0 Å². The van der Waals surface area contributed by atoms with Crippen LogP contribution >= 0.6 is 0 Å². The summed E-state index contributed by atoms with van der Waals surface area (Å²) in [5, 5.41) is 5.41. The van der Waals surface area contributed by atoms with E-state index in [-0.39, 0.29) is 24.3 Å². The van der Waals surface area contributed by atoms with Gasteiger partial charge >= 0.3 is 0 Å². The van der Waals surface area contributed by atoms with Crippen molar-refractivity contribution in [2.45, 2.75) is 26.3 Å². The van der Waals surface area contributed by atoms with Crippen LogP contribution in [0.1, 0.15) is 18.9 Å². The Balaban J connectivity index is 2.01. The summed E-state index contributed by atoms with van der Waals surface area (Å²) >= 11 is 0. The topological polar surface area (TPSA) is 78.5 Å². The third kappa shape index (κ3) is 3.81. The zero-order valence-corrected chi connectivity index (χ0v) is 12.2. The van der Waals surface area contributed by atoms with Gasteiger partial charge in [0.15, 0.2) is 0 Å². The number of benzene rings is 1. The molecule has 21 heavy (non-hydrogen) atoms. The second-order valence-electron chi connectivity index (χ2n) is 5.16. The largest absolute Gasteiger partial charge is 0.354 e. The molecule has 3 amide bonds. The Morgan fingerprint density at radius 2 is 2.19 bits per heavy atom. The average molecular weight is 289 g/mol. The highest BCUT2D eigenvalue weighted by Crippen LogP contribution is 2.12. The summed E-state index contributed by atoms with van der Waals surface area (Å²) in [5.41, 5.74) is 1.71. The minimum absolute atomic E-state index is 0.124. The first kappa shape index (κ1) is 15.0. The van der Waals surface area contributed by atoms with E-state index in [4.69, 9.17) is 0 Å². The number of aryl methyl sites for hydroxylation is 1. The summed E-state index contributed by atoms with van der Waals surface area (Å²) < 4.78 is 0. The fourth-order valence-corrected chi connectivity index (χ4v) is 2.40. The van der Waals surface area contributed by atoms with E-state index >= 15 is 0 Å². The van der Waals surface area contributed by atoms with E-state index in [1.165, 1.54) is 11.8 Å². The summed E-state index contributed by atoms with van der Waals surface area (Å²) in [7, 11) is 0. The summed E-state index contributed by atoms with van der Waals surface area (Å²) in [4.78, 5) is 36.7. The van der Waals surface area contributed by atoms with Crippen LogP contribution in [0.5, 0.6) is 0 Å². The van der Waals surface area contributed by atoms with E-state index in [2.05, 4.69) is 10.6 Å². The van der Waals surface area contributed by atoms with Gasteiger partial charge in [-0.1, -0.05) is 12.1 Å². The molecule has 1 atom stereocenters. The maximum Gasteiger partial charge on any atom is 0.244 e. The van der Waals surface area contributed by atoms with Gasteiger partial charge in [-0.05, 0) is 31.0 Å². The lowest BCUT2D eigenvalue weighted by Gasteiger charge is -2.25. The van der Waals surface area contributed by atoms with Gasteiger partial charge in [-0.3, -0.25) is 14.4 Å². The third-order valence-electron chi connectivity index (χ3n) is 3.42. The van der Waals surface area contributed by atoms with Gasteiger partial charge in [0, 0.05) is 19.2 Å². The van der Waals surface area contributed by atoms with Crippen molar-refractivity contribution in [3.8, 4) is 0 Å². The quantitative estimate of drug-likeness (QED) is 0.855. The fourth-order valence-electron chi connectivity index (χ4n) is 2.40. The molecule has 1 aliphatic rings. The molecule has 1 aromatic rings. The molecular weight excluding hydrogens is 270 g/mol. The smallest absolute Gasteiger partial charge is 0.244 e. The zero-order chi connectivity index (χ0) is 15.4. The van der Waals surface area contributed by atoms with Crippen molar-refractivity contribution in [3.63, 3.8) is 0 Å². The molecule has 0 spiro atoms. The van der Waals surface area contributed by atoms with E-state index < -0.39 is 6.04 Å². The minimum atomic E-state index is -0.550. The van der Waals surface area contributed by atoms with Gasteiger partial charge < -0.3 is 15.5 Å². The zero-order valence-electron chi connectivity index (χ0n) is 12.2. The Bertz CT molecular complexity index is 571. The molecule has 0 aromatic heterocycles. The highest BCUT2D eigenvalue weighted by molar-refractivity contribution is 5.96. The van der Waals surface area contributed by atoms with Gasteiger partial charge in [0.1, 0.15) is 12.6 Å². The van der Waals surface area contributed by atoms with Gasteiger partial charge in [0.2, 0.25) is 17.7 Å². The molecule has 1 saturated heterocycles. The molecule has 0 radical (unpaired) electrons. The lowest BCUT2D eigenvalue weighted by atomic mass is 10.2. The fraction of sp³-hybridized carbons (Fsp3) is 0.400. The van der Waals surface area contributed by atoms with Crippen LogP contribution in [0.2, 0.25) is 0 Å². The van der Waals surface area contributed by atoms with Crippen LogP contribution in [-0.2, 0) is 14.4 Å². The Labute approximate surface area is 123 Å². The van der Waals surface area contributed by atoms with Crippen LogP contribution in [0.3, 0.4) is 0 Å². The molecule has 1 aliphatic heterocycles. The molecule has 0 saturated carbocycles. The van der Waals surface area contributed by atoms with E-state index in [9.17, 15) is 14.4 Å². The van der Waals surface area contributed by atoms with E-state index in [0.29, 0.717) is 18.7 Å². The van der Waals surface area contributed by atoms with Gasteiger partial charge in [-0.15, -0.1) is 0 Å². The van der Waals surface area contributed by atoms with Crippen molar-refractivity contribution < 1.29 is 14.4 Å². The number of amides is 3. The summed E-state index contributed by atoms with van der Waals surface area (Å²) in [6.07, 6.45) is 0.538. The summed E-state index contributed by atoms with van der Waals surface area (Å²) in [5.74, 6) is -0.791. The Kier molecular flexibility index (Phi) is 4.57. The van der Waals surface area contributed by atoms with Crippen LogP contribution in [0.15, 0.2) is 24.3 Å². The predicted octanol–water partition coefficient (Wildman–Crippen LogP) is 0.671. The number of rotatable bonds is 4.